The van der Waals surface area contributed by atoms with Gasteiger partial charge in [-0.2, -0.15) is 0 Å². The van der Waals surface area contributed by atoms with Gasteiger partial charge in [-0.3, -0.25) is 0 Å². The number of benzene rings is 1. The van der Waals surface area contributed by atoms with E-state index in [1.54, 1.807) is 11.3 Å². The van der Waals surface area contributed by atoms with Crippen LogP contribution in [0, 0.1) is 0 Å². The van der Waals surface area contributed by atoms with Crippen LogP contribution in [-0.2, 0) is 4.74 Å². The van der Waals surface area contributed by atoms with Crippen LogP contribution in [0.2, 0.25) is 0 Å². The first kappa shape index (κ1) is 16.9. The van der Waals surface area contributed by atoms with Crippen molar-refractivity contribution in [1.29, 1.82) is 0 Å². The molecule has 0 spiro atoms. The van der Waals surface area contributed by atoms with Crippen LogP contribution in [0.1, 0.15) is 26.2 Å². The van der Waals surface area contributed by atoms with Gasteiger partial charge in [-0.15, -0.1) is 11.3 Å². The number of piperidine rings is 1. The fraction of sp³-hybridized carbons (Fsp3) is 0.444. The molecule has 2 heterocycles. The van der Waals surface area contributed by atoms with Gasteiger partial charge in [-0.25, -0.2) is 9.78 Å². The number of carbonyl (C=O) groups is 1. The summed E-state index contributed by atoms with van der Waals surface area (Å²) < 4.78 is 5.79. The number of thiazole rings is 1. The molecule has 2 amide bonds. The number of rotatable bonds is 5. The highest BCUT2D eigenvalue weighted by molar-refractivity contribution is 7.07. The van der Waals surface area contributed by atoms with Crippen molar-refractivity contribution < 1.29 is 9.53 Å². The summed E-state index contributed by atoms with van der Waals surface area (Å²) in [6.07, 6.45) is 3.20. The van der Waals surface area contributed by atoms with Gasteiger partial charge in [0.2, 0.25) is 0 Å². The lowest BCUT2D eigenvalue weighted by atomic mass is 10.1. The molecule has 6 heteroatoms. The van der Waals surface area contributed by atoms with Crippen LogP contribution < -0.4 is 5.32 Å². The molecule has 3 rings (SSSR count). The van der Waals surface area contributed by atoms with Crippen LogP contribution in [0.3, 0.4) is 0 Å². The molecule has 1 aromatic carbocycles. The maximum atomic E-state index is 12.4. The number of nitrogens with one attached hydrogen (secondary N) is 1. The number of urea groups is 1. The fourth-order valence-corrected chi connectivity index (χ4v) is 3.39. The third-order valence-corrected chi connectivity index (χ3v) is 4.67. The van der Waals surface area contributed by atoms with Gasteiger partial charge in [-0.05, 0) is 31.4 Å². The molecule has 1 saturated heterocycles. The predicted octanol–water partition coefficient (Wildman–Crippen LogP) is 4.23. The molecule has 1 fully saturated rings. The van der Waals surface area contributed by atoms with Gasteiger partial charge < -0.3 is 15.0 Å². The van der Waals surface area contributed by atoms with E-state index in [1.807, 2.05) is 40.1 Å². The number of ether oxygens (including phenoxy) is 1. The normalized spacial score (nSPS) is 17.7. The van der Waals surface area contributed by atoms with Crippen LogP contribution in [0.15, 0.2) is 35.2 Å². The highest BCUT2D eigenvalue weighted by atomic mass is 32.1. The molecule has 2 aromatic rings. The summed E-state index contributed by atoms with van der Waals surface area (Å²) in [6.45, 7) is 4.32. The van der Waals surface area contributed by atoms with Crippen molar-refractivity contribution in [2.24, 2.45) is 0 Å². The highest BCUT2D eigenvalue weighted by Gasteiger charge is 2.24. The summed E-state index contributed by atoms with van der Waals surface area (Å²) in [5.41, 5.74) is 4.64. The Morgan fingerprint density at radius 2 is 2.25 bits per heavy atom. The van der Waals surface area contributed by atoms with Gasteiger partial charge >= 0.3 is 6.03 Å². The first-order valence-corrected chi connectivity index (χ1v) is 9.36. The number of hydrogen-bond acceptors (Lipinski definition) is 4. The van der Waals surface area contributed by atoms with Crippen molar-refractivity contribution in [3.8, 4) is 11.3 Å². The summed E-state index contributed by atoms with van der Waals surface area (Å²) in [6, 6.07) is 7.74. The smallest absolute Gasteiger partial charge is 0.321 e. The SMILES string of the molecule is CCCOC1CCCN(C(=O)Nc2ccc(-c3cscn3)cc2)C1. The molecule has 0 aliphatic carbocycles. The minimum Gasteiger partial charge on any atom is -0.376 e. The predicted molar refractivity (Wildman–Crippen MR) is 97.4 cm³/mol. The Morgan fingerprint density at radius 3 is 2.96 bits per heavy atom. The van der Waals surface area contributed by atoms with Crippen molar-refractivity contribution in [3.63, 3.8) is 0 Å². The Kier molecular flexibility index (Phi) is 5.82. The standard InChI is InChI=1S/C18H23N3O2S/c1-2-10-23-16-4-3-9-21(11-16)18(22)20-15-7-5-14(6-8-15)17-12-24-13-19-17/h5-8,12-13,16H,2-4,9-11H2,1H3,(H,20,22). The van der Waals surface area contributed by atoms with Crippen LogP contribution in [-0.4, -0.2) is 41.7 Å². The number of aromatic nitrogens is 1. The molecule has 1 atom stereocenters. The summed E-state index contributed by atoms with van der Waals surface area (Å²) in [4.78, 5) is 18.6. The number of anilines is 1. The zero-order valence-electron chi connectivity index (χ0n) is 13.9. The maximum Gasteiger partial charge on any atom is 0.321 e. The summed E-state index contributed by atoms with van der Waals surface area (Å²) in [5, 5.41) is 4.99. The molecule has 1 aliphatic heterocycles. The topological polar surface area (TPSA) is 54.5 Å². The number of carbonyl (C=O) groups excluding carboxylic acids is 1. The number of nitrogens with zero attached hydrogens (tertiary/aromatic N) is 2. The average Bonchev–Trinajstić information content (AvgIpc) is 3.15. The Morgan fingerprint density at radius 1 is 1.42 bits per heavy atom. The monoisotopic (exact) mass is 345 g/mol. The van der Waals surface area contributed by atoms with Crippen LogP contribution in [0.25, 0.3) is 11.3 Å². The van der Waals surface area contributed by atoms with E-state index in [-0.39, 0.29) is 12.1 Å². The van der Waals surface area contributed by atoms with E-state index < -0.39 is 0 Å². The van der Waals surface area contributed by atoms with Gasteiger partial charge in [0.15, 0.2) is 0 Å². The minimum atomic E-state index is -0.0544. The first-order chi connectivity index (χ1) is 11.8. The summed E-state index contributed by atoms with van der Waals surface area (Å²) in [7, 11) is 0. The molecule has 1 N–H and O–H groups in total. The summed E-state index contributed by atoms with van der Waals surface area (Å²) >= 11 is 1.57. The van der Waals surface area contributed by atoms with E-state index in [0.717, 1.165) is 49.4 Å². The van der Waals surface area contributed by atoms with Gasteiger partial charge in [0.1, 0.15) is 0 Å². The second-order valence-electron chi connectivity index (χ2n) is 5.96. The Hall–Kier alpha value is -1.92. The van der Waals surface area contributed by atoms with Gasteiger partial charge in [0.25, 0.3) is 0 Å². The quantitative estimate of drug-likeness (QED) is 0.882. The summed E-state index contributed by atoms with van der Waals surface area (Å²) in [5.74, 6) is 0. The maximum absolute atomic E-state index is 12.4. The third kappa shape index (κ3) is 4.33. The molecule has 128 valence electrons. The molecule has 5 nitrogen and oxygen atoms in total. The van der Waals surface area contributed by atoms with Crippen molar-refractivity contribution in [3.05, 3.63) is 35.2 Å². The molecular formula is C18H23N3O2S. The van der Waals surface area contributed by atoms with Crippen molar-refractivity contribution in [2.45, 2.75) is 32.3 Å². The molecule has 1 aliphatic rings. The lowest BCUT2D eigenvalue weighted by Gasteiger charge is -2.32. The lowest BCUT2D eigenvalue weighted by Crippen LogP contribution is -2.45. The van der Waals surface area contributed by atoms with Crippen LogP contribution in [0.5, 0.6) is 0 Å². The molecule has 1 unspecified atom stereocenters. The zero-order chi connectivity index (χ0) is 16.8. The Bertz CT molecular complexity index is 643. The van der Waals surface area contributed by atoms with Crippen molar-refractivity contribution >= 4 is 23.1 Å². The van der Waals surface area contributed by atoms with E-state index in [0.29, 0.717) is 6.54 Å². The minimum absolute atomic E-state index is 0.0544. The molecule has 0 saturated carbocycles. The first-order valence-electron chi connectivity index (χ1n) is 8.42. The van der Waals surface area contributed by atoms with E-state index >= 15 is 0 Å². The second kappa shape index (κ2) is 8.26. The van der Waals surface area contributed by atoms with Crippen LogP contribution >= 0.6 is 11.3 Å². The number of amides is 2. The van der Waals surface area contributed by atoms with E-state index in [9.17, 15) is 4.79 Å². The zero-order valence-corrected chi connectivity index (χ0v) is 14.7. The largest absolute Gasteiger partial charge is 0.376 e. The third-order valence-electron chi connectivity index (χ3n) is 4.09. The van der Waals surface area contributed by atoms with Gasteiger partial charge in [0.05, 0.1) is 17.3 Å². The lowest BCUT2D eigenvalue weighted by molar-refractivity contribution is 0.0115. The van der Waals surface area contributed by atoms with E-state index in [1.165, 1.54) is 0 Å². The Labute approximate surface area is 146 Å². The molecule has 0 radical (unpaired) electrons. The molecule has 24 heavy (non-hydrogen) atoms. The molecule has 1 aromatic heterocycles. The highest BCUT2D eigenvalue weighted by Crippen LogP contribution is 2.22. The second-order valence-corrected chi connectivity index (χ2v) is 6.68. The van der Waals surface area contributed by atoms with Gasteiger partial charge in [0, 0.05) is 36.3 Å². The van der Waals surface area contributed by atoms with Gasteiger partial charge in [-0.1, -0.05) is 19.1 Å². The fourth-order valence-electron chi connectivity index (χ4n) is 2.83. The Balaban J connectivity index is 1.56. The molecular weight excluding hydrogens is 322 g/mol. The number of hydrogen-bond donors (Lipinski definition) is 1. The van der Waals surface area contributed by atoms with Crippen molar-refractivity contribution in [1.82, 2.24) is 9.88 Å². The van der Waals surface area contributed by atoms with E-state index in [2.05, 4.69) is 17.2 Å². The van der Waals surface area contributed by atoms with E-state index in [4.69, 9.17) is 4.74 Å². The van der Waals surface area contributed by atoms with Crippen molar-refractivity contribution in [2.75, 3.05) is 25.0 Å². The van der Waals surface area contributed by atoms with Crippen LogP contribution in [0.4, 0.5) is 10.5 Å². The molecule has 0 bridgehead atoms. The number of likely N-dealkylation sites (tertiary alicyclic amines) is 1. The average molecular weight is 345 g/mol.